The summed E-state index contributed by atoms with van der Waals surface area (Å²) in [5.74, 6) is 0. The summed E-state index contributed by atoms with van der Waals surface area (Å²) in [6, 6.07) is 5.96. The molecule has 1 aromatic carbocycles. The van der Waals surface area contributed by atoms with Crippen molar-refractivity contribution in [2.45, 2.75) is 24.6 Å². The van der Waals surface area contributed by atoms with Gasteiger partial charge in [-0.1, -0.05) is 0 Å². The normalized spacial score (nSPS) is 28.7. The van der Waals surface area contributed by atoms with E-state index in [1.165, 1.54) is 23.1 Å². The minimum atomic E-state index is -1.44. The summed E-state index contributed by atoms with van der Waals surface area (Å²) in [5, 5.41) is 40.4. The number of hydrogen-bond donors (Lipinski definition) is 3. The van der Waals surface area contributed by atoms with Crippen molar-refractivity contribution in [1.29, 1.82) is 0 Å². The van der Waals surface area contributed by atoms with Gasteiger partial charge in [0.1, 0.15) is 18.3 Å². The molecule has 1 saturated heterocycles. The van der Waals surface area contributed by atoms with E-state index in [1.807, 2.05) is 0 Å². The van der Waals surface area contributed by atoms with Crippen molar-refractivity contribution in [2.75, 3.05) is 6.61 Å². The third kappa shape index (κ3) is 2.50. The number of ether oxygens (including phenoxy) is 1. The van der Waals surface area contributed by atoms with Crippen LogP contribution in [0.5, 0.6) is 0 Å². The number of fused-ring (bicyclic) bond motifs is 1. The van der Waals surface area contributed by atoms with Crippen LogP contribution >= 0.6 is 0 Å². The summed E-state index contributed by atoms with van der Waals surface area (Å²) in [4.78, 5) is 15.7. The lowest BCUT2D eigenvalue weighted by atomic mass is 10.1. The molecule has 1 aliphatic rings. The molecule has 0 saturated carbocycles. The minimum Gasteiger partial charge on any atom is -0.388 e. The smallest absolute Gasteiger partial charge is 0.271 e. The molecule has 2 aromatic rings. The number of aliphatic hydroxyl groups is 3. The quantitative estimate of drug-likeness (QED) is 0.511. The summed E-state index contributed by atoms with van der Waals surface area (Å²) in [5.41, 5.74) is 0.322. The molecule has 0 bridgehead atoms. The molecule has 3 N–H and O–H groups in total. The predicted octanol–water partition coefficient (Wildman–Crippen LogP) is -0.583. The monoisotopic (exact) mass is 310 g/mol. The molecule has 3 rings (SSSR count). The topological polar surface area (TPSA) is 127 Å². The predicted molar refractivity (Wildman–Crippen MR) is 72.9 cm³/mol. The first-order chi connectivity index (χ1) is 10.5. The largest absolute Gasteiger partial charge is 0.388 e. The van der Waals surface area contributed by atoms with Crippen LogP contribution in [-0.4, -0.2) is 56.2 Å². The Hall–Kier alpha value is -2.20. The number of nitro groups is 1. The van der Waals surface area contributed by atoms with Crippen LogP contribution in [0.25, 0.3) is 10.9 Å². The molecule has 118 valence electrons. The maximum Gasteiger partial charge on any atom is 0.271 e. The van der Waals surface area contributed by atoms with E-state index >= 15 is 0 Å². The first-order valence-corrected chi connectivity index (χ1v) is 6.56. The molecular formula is C13H14N2O7. The summed E-state index contributed by atoms with van der Waals surface area (Å²) in [7, 11) is 0. The second-order valence-corrected chi connectivity index (χ2v) is 5.00. The zero-order chi connectivity index (χ0) is 15.9. The Morgan fingerprint density at radius 2 is 2.05 bits per heavy atom. The van der Waals surface area contributed by atoms with Gasteiger partial charge in [-0.3, -0.25) is 10.1 Å². The summed E-state index contributed by atoms with van der Waals surface area (Å²) in [6.45, 7) is -0.192. The van der Waals surface area contributed by atoms with Gasteiger partial charge in [-0.15, -0.1) is 0 Å². The molecule has 9 heteroatoms. The number of aliphatic hydroxyl groups excluding tert-OH is 3. The highest BCUT2D eigenvalue weighted by Gasteiger charge is 2.39. The van der Waals surface area contributed by atoms with Crippen LogP contribution in [0.3, 0.4) is 0 Å². The summed E-state index contributed by atoms with van der Waals surface area (Å²) in [6.07, 6.45) is -3.72. The van der Waals surface area contributed by atoms with E-state index in [-0.39, 0.29) is 12.3 Å². The average molecular weight is 310 g/mol. The Morgan fingerprint density at radius 3 is 2.77 bits per heavy atom. The highest BCUT2D eigenvalue weighted by molar-refractivity contribution is 5.82. The Bertz CT molecular complexity index is 701. The van der Waals surface area contributed by atoms with Crippen LogP contribution in [0.15, 0.2) is 30.5 Å². The van der Waals surface area contributed by atoms with E-state index in [9.17, 15) is 25.4 Å². The number of benzene rings is 1. The van der Waals surface area contributed by atoms with Crippen molar-refractivity contribution in [3.05, 3.63) is 40.6 Å². The van der Waals surface area contributed by atoms with E-state index in [0.29, 0.717) is 10.9 Å². The Morgan fingerprint density at radius 1 is 1.27 bits per heavy atom. The van der Waals surface area contributed by atoms with Crippen LogP contribution in [0, 0.1) is 10.1 Å². The molecule has 2 heterocycles. The summed E-state index contributed by atoms with van der Waals surface area (Å²) >= 11 is 0. The fourth-order valence-corrected chi connectivity index (χ4v) is 2.28. The molecule has 1 fully saturated rings. The zero-order valence-electron chi connectivity index (χ0n) is 11.3. The molecule has 4 atom stereocenters. The van der Waals surface area contributed by atoms with Gasteiger partial charge in [-0.2, -0.15) is 4.73 Å². The molecule has 1 aliphatic heterocycles. The number of rotatable bonds is 3. The second kappa shape index (κ2) is 5.54. The fraction of sp³-hybridized carbons (Fsp3) is 0.385. The van der Waals surface area contributed by atoms with E-state index in [2.05, 4.69) is 0 Å². The molecule has 0 spiro atoms. The van der Waals surface area contributed by atoms with Gasteiger partial charge in [-0.05, 0) is 12.1 Å². The van der Waals surface area contributed by atoms with E-state index < -0.39 is 29.5 Å². The summed E-state index contributed by atoms with van der Waals surface area (Å²) < 4.78 is 6.36. The first-order valence-electron chi connectivity index (χ1n) is 6.56. The van der Waals surface area contributed by atoms with Crippen LogP contribution < -0.4 is 4.84 Å². The third-order valence-electron chi connectivity index (χ3n) is 3.52. The van der Waals surface area contributed by atoms with Crippen molar-refractivity contribution in [1.82, 2.24) is 4.73 Å². The lowest BCUT2D eigenvalue weighted by Crippen LogP contribution is -2.56. The van der Waals surface area contributed by atoms with Gasteiger partial charge in [0.05, 0.1) is 17.0 Å². The maximum absolute atomic E-state index is 10.8. The highest BCUT2D eigenvalue weighted by Crippen LogP contribution is 2.22. The van der Waals surface area contributed by atoms with Gasteiger partial charge >= 0.3 is 0 Å². The van der Waals surface area contributed by atoms with Crippen LogP contribution in [0.2, 0.25) is 0 Å². The van der Waals surface area contributed by atoms with E-state index in [1.54, 1.807) is 12.1 Å². The number of hydrogen-bond acceptors (Lipinski definition) is 7. The highest BCUT2D eigenvalue weighted by atomic mass is 16.8. The molecule has 9 nitrogen and oxygen atoms in total. The molecular weight excluding hydrogens is 296 g/mol. The molecule has 22 heavy (non-hydrogen) atoms. The fourth-order valence-electron chi connectivity index (χ4n) is 2.28. The number of non-ortho nitro benzene ring substituents is 1. The van der Waals surface area contributed by atoms with Gasteiger partial charge < -0.3 is 24.9 Å². The second-order valence-electron chi connectivity index (χ2n) is 5.00. The van der Waals surface area contributed by atoms with Gasteiger partial charge in [0.25, 0.3) is 12.0 Å². The van der Waals surface area contributed by atoms with E-state index in [4.69, 9.17) is 9.57 Å². The van der Waals surface area contributed by atoms with Gasteiger partial charge in [0.2, 0.25) is 0 Å². The standard InChI is InChI=1S/C13H14N2O7/c16-10-6-21-13(12(18)11(10)17)22-14-4-3-7-1-2-8(15(19)20)5-9(7)14/h1-5,10-13,16-18H,6H2/t10-,11?,12?,13+/m1/s1. The van der Waals surface area contributed by atoms with Crippen LogP contribution in [0.1, 0.15) is 0 Å². The SMILES string of the molecule is O=[N+]([O-])c1ccc2ccn(O[C@@H]3OC[C@@H](O)C(O)C3O)c2c1. The Kier molecular flexibility index (Phi) is 3.71. The third-order valence-corrected chi connectivity index (χ3v) is 3.52. The van der Waals surface area contributed by atoms with Gasteiger partial charge in [0.15, 0.2) is 0 Å². The first kappa shape index (κ1) is 14.7. The van der Waals surface area contributed by atoms with Crippen LogP contribution in [0.4, 0.5) is 5.69 Å². The number of nitrogens with zero attached hydrogens (tertiary/aromatic N) is 2. The molecule has 1 aromatic heterocycles. The molecule has 0 amide bonds. The maximum atomic E-state index is 10.8. The zero-order valence-corrected chi connectivity index (χ0v) is 11.3. The van der Waals surface area contributed by atoms with Crippen LogP contribution in [-0.2, 0) is 4.74 Å². The van der Waals surface area contributed by atoms with Crippen molar-refractivity contribution in [3.63, 3.8) is 0 Å². The average Bonchev–Trinajstić information content (AvgIpc) is 2.90. The van der Waals surface area contributed by atoms with Crippen molar-refractivity contribution in [3.8, 4) is 0 Å². The lowest BCUT2D eigenvalue weighted by Gasteiger charge is -2.34. The molecule has 0 aliphatic carbocycles. The van der Waals surface area contributed by atoms with Crippen molar-refractivity contribution in [2.24, 2.45) is 0 Å². The van der Waals surface area contributed by atoms with Gasteiger partial charge in [-0.25, -0.2) is 0 Å². The minimum absolute atomic E-state index is 0.100. The van der Waals surface area contributed by atoms with Crippen molar-refractivity contribution < 1.29 is 29.8 Å². The molecule has 2 unspecified atom stereocenters. The lowest BCUT2D eigenvalue weighted by molar-refractivity contribution is -0.384. The molecule has 0 radical (unpaired) electrons. The number of aromatic nitrogens is 1. The Balaban J connectivity index is 1.87. The Labute approximate surface area is 124 Å². The van der Waals surface area contributed by atoms with Gasteiger partial charge in [0, 0.05) is 23.7 Å². The number of nitro benzene ring substituents is 1. The van der Waals surface area contributed by atoms with E-state index in [0.717, 1.165) is 0 Å². The van der Waals surface area contributed by atoms with Crippen molar-refractivity contribution >= 4 is 16.6 Å².